The SMILES string of the molecule is NC(=O)c1[nH]cnc1N.[HH].[HH].[HH].[HH]. The first-order valence-corrected chi connectivity index (χ1v) is 2.30. The van der Waals surface area contributed by atoms with E-state index in [1.165, 1.54) is 6.33 Å². The average Bonchev–Trinajstić information content (AvgIpc) is 2.13. The number of nitrogens with two attached hydrogens (primary N) is 2. The monoisotopic (exact) mass is 134 g/mol. The summed E-state index contributed by atoms with van der Waals surface area (Å²) in [5.74, 6) is -0.451. The standard InChI is InChI=1S/C4H6N4O.4H2/c5-3-2(4(6)9)7-1-8-3;;;;/h1H,5H2,(H2,6,9)(H,7,8);4*1H. The number of carbonyl (C=O) groups excluding carboxylic acids is 1. The predicted molar refractivity (Wildman–Crippen MR) is 40.0 cm³/mol. The van der Waals surface area contributed by atoms with Crippen LogP contribution in [0.1, 0.15) is 16.2 Å². The van der Waals surface area contributed by atoms with E-state index in [0.717, 1.165) is 0 Å². The molecular formula is C4H14N4O. The number of imidazole rings is 1. The van der Waals surface area contributed by atoms with E-state index in [4.69, 9.17) is 11.5 Å². The number of aromatic nitrogens is 2. The molecule has 0 aromatic carbocycles. The highest BCUT2D eigenvalue weighted by atomic mass is 16.1. The number of amides is 1. The number of rotatable bonds is 1. The first-order valence-electron chi connectivity index (χ1n) is 2.30. The molecule has 0 unspecified atom stereocenters. The number of hydrogen-bond acceptors (Lipinski definition) is 3. The maximum absolute atomic E-state index is 10.4. The molecule has 0 aliphatic carbocycles. The van der Waals surface area contributed by atoms with E-state index in [2.05, 4.69) is 9.97 Å². The first-order chi connectivity index (χ1) is 4.22. The van der Waals surface area contributed by atoms with E-state index in [1.54, 1.807) is 0 Å². The Morgan fingerprint density at radius 2 is 2.56 bits per heavy atom. The fraction of sp³-hybridized carbons (Fsp3) is 0. The number of primary amides is 1. The lowest BCUT2D eigenvalue weighted by molar-refractivity contribution is 0.0997. The van der Waals surface area contributed by atoms with Gasteiger partial charge in [0, 0.05) is 5.71 Å². The van der Waals surface area contributed by atoms with Crippen LogP contribution in [0, 0.1) is 0 Å². The zero-order valence-electron chi connectivity index (χ0n) is 4.59. The minimum absolute atomic E-state index is 0. The van der Waals surface area contributed by atoms with Crippen LogP contribution in [0.4, 0.5) is 5.82 Å². The van der Waals surface area contributed by atoms with E-state index in [-0.39, 0.29) is 17.2 Å². The number of nitrogens with zero attached hydrogens (tertiary/aromatic N) is 1. The number of carbonyl (C=O) groups is 1. The molecule has 5 nitrogen and oxygen atoms in total. The van der Waals surface area contributed by atoms with Crippen molar-refractivity contribution < 1.29 is 10.5 Å². The molecule has 0 spiro atoms. The van der Waals surface area contributed by atoms with Gasteiger partial charge < -0.3 is 16.5 Å². The van der Waals surface area contributed by atoms with Crippen LogP contribution in [0.3, 0.4) is 0 Å². The summed E-state index contributed by atoms with van der Waals surface area (Å²) in [5.41, 5.74) is 10.2. The Morgan fingerprint density at radius 3 is 2.78 bits per heavy atom. The van der Waals surface area contributed by atoms with Crippen molar-refractivity contribution in [2.24, 2.45) is 5.73 Å². The van der Waals surface area contributed by atoms with Crippen LogP contribution in [0.5, 0.6) is 0 Å². The van der Waals surface area contributed by atoms with Crippen molar-refractivity contribution in [3.63, 3.8) is 0 Å². The molecule has 0 atom stereocenters. The lowest BCUT2D eigenvalue weighted by atomic mass is 10.4. The van der Waals surface area contributed by atoms with Gasteiger partial charge >= 0.3 is 0 Å². The number of H-pyrrole nitrogens is 1. The second-order valence-corrected chi connectivity index (χ2v) is 1.53. The number of aromatic amines is 1. The largest absolute Gasteiger partial charge is 0.382 e. The molecule has 0 aliphatic heterocycles. The molecule has 1 rings (SSSR count). The molecule has 5 heteroatoms. The smallest absolute Gasteiger partial charge is 0.269 e. The normalized spacial score (nSPS) is 9.33. The van der Waals surface area contributed by atoms with Crippen LogP contribution in [0.2, 0.25) is 0 Å². The Kier molecular flexibility index (Phi) is 1.11. The summed E-state index contributed by atoms with van der Waals surface area (Å²) < 4.78 is 0. The van der Waals surface area contributed by atoms with Crippen LogP contribution in [0.25, 0.3) is 0 Å². The summed E-state index contributed by atoms with van der Waals surface area (Å²) in [5, 5.41) is 0. The van der Waals surface area contributed by atoms with E-state index < -0.39 is 5.91 Å². The Hall–Kier alpha value is -1.52. The van der Waals surface area contributed by atoms with E-state index in [1.807, 2.05) is 0 Å². The van der Waals surface area contributed by atoms with Gasteiger partial charge in [0.15, 0.2) is 5.82 Å². The van der Waals surface area contributed by atoms with Gasteiger partial charge in [0.25, 0.3) is 5.91 Å². The molecule has 1 heterocycles. The summed E-state index contributed by atoms with van der Waals surface area (Å²) in [6, 6.07) is 0. The summed E-state index contributed by atoms with van der Waals surface area (Å²) >= 11 is 0. The van der Waals surface area contributed by atoms with Gasteiger partial charge in [-0.15, -0.1) is 0 Å². The van der Waals surface area contributed by atoms with E-state index in [0.29, 0.717) is 0 Å². The molecule has 56 valence electrons. The minimum Gasteiger partial charge on any atom is -0.382 e. The van der Waals surface area contributed by atoms with Crippen LogP contribution in [0.15, 0.2) is 6.33 Å². The maximum atomic E-state index is 10.4. The highest BCUT2D eigenvalue weighted by Gasteiger charge is 2.05. The van der Waals surface area contributed by atoms with Crippen molar-refractivity contribution in [2.75, 3.05) is 5.73 Å². The van der Waals surface area contributed by atoms with Crippen molar-refractivity contribution in [1.82, 2.24) is 9.97 Å². The van der Waals surface area contributed by atoms with Crippen LogP contribution >= 0.6 is 0 Å². The number of nitrogen functional groups attached to an aromatic ring is 1. The van der Waals surface area contributed by atoms with Crippen LogP contribution < -0.4 is 11.5 Å². The summed E-state index contributed by atoms with van der Waals surface area (Å²) in [7, 11) is 0. The third-order valence-electron chi connectivity index (χ3n) is 0.915. The second kappa shape index (κ2) is 1.77. The predicted octanol–water partition coefficient (Wildman–Crippen LogP) is 0.0748. The fourth-order valence-electron chi connectivity index (χ4n) is 0.502. The number of anilines is 1. The molecule has 1 aromatic rings. The molecule has 0 saturated heterocycles. The molecule has 1 amide bonds. The zero-order valence-corrected chi connectivity index (χ0v) is 4.59. The Labute approximate surface area is 57.0 Å². The van der Waals surface area contributed by atoms with Crippen molar-refractivity contribution in [1.29, 1.82) is 0 Å². The molecular weight excluding hydrogens is 120 g/mol. The minimum atomic E-state index is -0.593. The molecule has 9 heavy (non-hydrogen) atoms. The zero-order chi connectivity index (χ0) is 6.85. The molecule has 1 aromatic heterocycles. The molecule has 0 aliphatic rings. The van der Waals surface area contributed by atoms with Crippen molar-refractivity contribution in [3.05, 3.63) is 12.0 Å². The fourth-order valence-corrected chi connectivity index (χ4v) is 0.502. The Morgan fingerprint density at radius 1 is 1.89 bits per heavy atom. The van der Waals surface area contributed by atoms with Crippen LogP contribution in [-0.4, -0.2) is 15.9 Å². The van der Waals surface area contributed by atoms with E-state index in [9.17, 15) is 4.79 Å². The lowest BCUT2D eigenvalue weighted by Gasteiger charge is -1.87. The van der Waals surface area contributed by atoms with Crippen molar-refractivity contribution in [3.8, 4) is 0 Å². The lowest BCUT2D eigenvalue weighted by Crippen LogP contribution is -2.13. The van der Waals surface area contributed by atoms with Gasteiger partial charge in [0.2, 0.25) is 0 Å². The van der Waals surface area contributed by atoms with Crippen molar-refractivity contribution in [2.45, 2.75) is 0 Å². The summed E-state index contributed by atoms with van der Waals surface area (Å²) in [6.45, 7) is 0. The van der Waals surface area contributed by atoms with Gasteiger partial charge in [-0.25, -0.2) is 4.98 Å². The van der Waals surface area contributed by atoms with Gasteiger partial charge in [-0.3, -0.25) is 4.79 Å². The Balaban J connectivity index is -0.000000101. The average molecular weight is 134 g/mol. The third-order valence-corrected chi connectivity index (χ3v) is 0.915. The third kappa shape index (κ3) is 0.835. The van der Waals surface area contributed by atoms with Gasteiger partial charge in [-0.05, 0) is 0 Å². The molecule has 5 N–H and O–H groups in total. The summed E-state index contributed by atoms with van der Waals surface area (Å²) in [6.07, 6.45) is 1.31. The number of hydrogen-bond donors (Lipinski definition) is 3. The molecule has 0 radical (unpaired) electrons. The molecule has 0 saturated carbocycles. The van der Waals surface area contributed by atoms with Gasteiger partial charge in [-0.1, -0.05) is 0 Å². The van der Waals surface area contributed by atoms with E-state index >= 15 is 0 Å². The Bertz CT molecular complexity index is 240. The number of nitrogens with one attached hydrogen (secondary N) is 1. The van der Waals surface area contributed by atoms with Crippen molar-refractivity contribution >= 4 is 11.7 Å². The quantitative estimate of drug-likeness (QED) is 0.507. The maximum Gasteiger partial charge on any atom is 0.269 e. The second-order valence-electron chi connectivity index (χ2n) is 1.53. The molecule has 0 bridgehead atoms. The van der Waals surface area contributed by atoms with Gasteiger partial charge in [-0.2, -0.15) is 0 Å². The van der Waals surface area contributed by atoms with Gasteiger partial charge in [0.1, 0.15) is 5.69 Å². The molecule has 0 fully saturated rings. The first kappa shape index (κ1) is 5.61. The topological polar surface area (TPSA) is 97.8 Å². The highest BCUT2D eigenvalue weighted by Crippen LogP contribution is 2.00. The van der Waals surface area contributed by atoms with Crippen LogP contribution in [-0.2, 0) is 0 Å². The highest BCUT2D eigenvalue weighted by molar-refractivity contribution is 5.94. The summed E-state index contributed by atoms with van der Waals surface area (Å²) in [4.78, 5) is 16.4. The van der Waals surface area contributed by atoms with Gasteiger partial charge in [0.05, 0.1) is 6.33 Å².